The Labute approximate surface area is 167 Å². The van der Waals surface area contributed by atoms with Crippen molar-refractivity contribution in [1.82, 2.24) is 20.4 Å². The fourth-order valence-corrected chi connectivity index (χ4v) is 3.63. The topological polar surface area (TPSA) is 112 Å². The highest BCUT2D eigenvalue weighted by Gasteiger charge is 2.24. The number of ether oxygens (including phenoxy) is 1. The van der Waals surface area contributed by atoms with Crippen LogP contribution in [0.1, 0.15) is 32.1 Å². The molecule has 0 unspecified atom stereocenters. The number of anilines is 2. The van der Waals surface area contributed by atoms with Gasteiger partial charge < -0.3 is 15.3 Å². The Morgan fingerprint density at radius 3 is 2.72 bits per heavy atom. The van der Waals surface area contributed by atoms with Gasteiger partial charge in [-0.25, -0.2) is 29.6 Å². The summed E-state index contributed by atoms with van der Waals surface area (Å²) in [5, 5.41) is 12.3. The Bertz CT molecular complexity index is 875. The molecule has 0 atom stereocenters. The first-order valence-electron chi connectivity index (χ1n) is 9.74. The minimum atomic E-state index is -0.588. The van der Waals surface area contributed by atoms with Gasteiger partial charge in [0.05, 0.1) is 18.5 Å². The molecule has 29 heavy (non-hydrogen) atoms. The number of hydrogen-bond donors (Lipinski definition) is 3. The van der Waals surface area contributed by atoms with Crippen LogP contribution in [0, 0.1) is 5.82 Å². The number of nitrogens with zero attached hydrogens (tertiary/aromatic N) is 4. The lowest BCUT2D eigenvalue weighted by atomic mass is 9.92. The monoisotopic (exact) mass is 402 g/mol. The van der Waals surface area contributed by atoms with E-state index < -0.39 is 11.9 Å². The number of carbonyl (C=O) groups is 1. The smallest absolute Gasteiger partial charge is 0.415 e. The number of pyridine rings is 1. The van der Waals surface area contributed by atoms with E-state index in [2.05, 4.69) is 25.7 Å². The molecular weight excluding hydrogens is 379 g/mol. The van der Waals surface area contributed by atoms with Crippen molar-refractivity contribution in [3.05, 3.63) is 30.2 Å². The zero-order valence-corrected chi connectivity index (χ0v) is 15.8. The van der Waals surface area contributed by atoms with Crippen LogP contribution in [0.4, 0.5) is 21.0 Å². The predicted molar refractivity (Wildman–Crippen MR) is 103 cm³/mol. The van der Waals surface area contributed by atoms with E-state index >= 15 is 0 Å². The number of hydroxylamine groups is 1. The summed E-state index contributed by atoms with van der Waals surface area (Å²) in [4.78, 5) is 26.2. The maximum Gasteiger partial charge on any atom is 0.415 e. The van der Waals surface area contributed by atoms with Crippen molar-refractivity contribution in [2.75, 3.05) is 23.4 Å². The summed E-state index contributed by atoms with van der Waals surface area (Å²) in [6, 6.07) is 5.29. The summed E-state index contributed by atoms with van der Waals surface area (Å²) < 4.78 is 19.5. The van der Waals surface area contributed by atoms with E-state index in [0.717, 1.165) is 31.9 Å². The number of halogens is 1. The van der Waals surface area contributed by atoms with Gasteiger partial charge in [0.15, 0.2) is 5.82 Å². The second-order valence-corrected chi connectivity index (χ2v) is 7.21. The van der Waals surface area contributed by atoms with Crippen molar-refractivity contribution in [2.45, 2.75) is 44.2 Å². The van der Waals surface area contributed by atoms with Gasteiger partial charge in [0, 0.05) is 18.6 Å². The summed E-state index contributed by atoms with van der Waals surface area (Å²) in [5.41, 5.74) is 2.69. The van der Waals surface area contributed by atoms with Gasteiger partial charge in [0.1, 0.15) is 11.5 Å². The maximum atomic E-state index is 14.4. The number of cyclic esters (lactones) is 1. The van der Waals surface area contributed by atoms with Gasteiger partial charge in [0.25, 0.3) is 0 Å². The molecule has 1 saturated carbocycles. The van der Waals surface area contributed by atoms with E-state index in [9.17, 15) is 9.18 Å². The second-order valence-electron chi connectivity index (χ2n) is 7.21. The molecule has 10 heteroatoms. The summed E-state index contributed by atoms with van der Waals surface area (Å²) >= 11 is 0. The standard InChI is InChI=1S/C19H23FN6O3/c20-14-11-21-18(22-12-5-7-13(25-28)8-6-12)24-17(14)15-3-1-4-16(23-15)26-9-2-10-29-19(26)27/h1,3-4,11-13,25,28H,2,5-10H2,(H,21,22,24). The van der Waals surface area contributed by atoms with E-state index in [1.165, 1.54) is 4.90 Å². The fourth-order valence-electron chi connectivity index (χ4n) is 3.63. The number of nitrogens with one attached hydrogen (secondary N) is 2. The van der Waals surface area contributed by atoms with Crippen LogP contribution in [0.5, 0.6) is 0 Å². The molecular formula is C19H23FN6O3. The molecule has 2 aromatic heterocycles. The lowest BCUT2D eigenvalue weighted by Crippen LogP contribution is -2.38. The normalized spacial score (nSPS) is 22.3. The molecule has 3 N–H and O–H groups in total. The Kier molecular flexibility index (Phi) is 5.81. The van der Waals surface area contributed by atoms with Crippen LogP contribution in [-0.2, 0) is 4.74 Å². The van der Waals surface area contributed by atoms with Crippen molar-refractivity contribution in [3.8, 4) is 11.4 Å². The number of rotatable bonds is 5. The minimum Gasteiger partial charge on any atom is -0.449 e. The molecule has 3 heterocycles. The molecule has 1 saturated heterocycles. The largest absolute Gasteiger partial charge is 0.449 e. The Morgan fingerprint density at radius 1 is 1.17 bits per heavy atom. The third-order valence-electron chi connectivity index (χ3n) is 5.21. The molecule has 9 nitrogen and oxygen atoms in total. The lowest BCUT2D eigenvalue weighted by molar-refractivity contribution is 0.105. The number of amides is 1. The van der Waals surface area contributed by atoms with Crippen molar-refractivity contribution in [1.29, 1.82) is 0 Å². The van der Waals surface area contributed by atoms with E-state index in [4.69, 9.17) is 9.94 Å². The van der Waals surface area contributed by atoms with Crippen molar-refractivity contribution in [3.63, 3.8) is 0 Å². The van der Waals surface area contributed by atoms with Crippen LogP contribution >= 0.6 is 0 Å². The third-order valence-corrected chi connectivity index (χ3v) is 5.21. The molecule has 0 radical (unpaired) electrons. The minimum absolute atomic E-state index is 0.0698. The highest BCUT2D eigenvalue weighted by molar-refractivity contribution is 5.87. The summed E-state index contributed by atoms with van der Waals surface area (Å²) in [5.74, 6) is 0.135. The zero-order chi connectivity index (χ0) is 20.2. The van der Waals surface area contributed by atoms with Crippen molar-refractivity contribution < 1.29 is 19.1 Å². The Balaban J connectivity index is 1.53. The lowest BCUT2D eigenvalue weighted by Gasteiger charge is -2.28. The first-order chi connectivity index (χ1) is 14.1. The average Bonchev–Trinajstić information content (AvgIpc) is 2.76. The van der Waals surface area contributed by atoms with Gasteiger partial charge >= 0.3 is 6.09 Å². The van der Waals surface area contributed by atoms with Gasteiger partial charge in [-0.2, -0.15) is 0 Å². The molecule has 0 bridgehead atoms. The first kappa shape index (κ1) is 19.5. The summed E-state index contributed by atoms with van der Waals surface area (Å²) in [6.07, 6.45) is 4.73. The highest BCUT2D eigenvalue weighted by atomic mass is 19.1. The summed E-state index contributed by atoms with van der Waals surface area (Å²) in [7, 11) is 0. The Hall–Kier alpha value is -2.85. The summed E-state index contributed by atoms with van der Waals surface area (Å²) in [6.45, 7) is 0.889. The molecule has 2 aliphatic rings. The van der Waals surface area contributed by atoms with Gasteiger partial charge in [-0.3, -0.25) is 4.90 Å². The zero-order valence-electron chi connectivity index (χ0n) is 15.8. The van der Waals surface area contributed by atoms with Crippen LogP contribution < -0.4 is 15.7 Å². The van der Waals surface area contributed by atoms with Gasteiger partial charge in [-0.15, -0.1) is 0 Å². The molecule has 1 aliphatic carbocycles. The SMILES string of the molecule is O=C1OCCCN1c1cccc(-c2nc(NC3CCC(NO)CC3)ncc2F)n1. The average molecular weight is 402 g/mol. The Morgan fingerprint density at radius 2 is 1.97 bits per heavy atom. The van der Waals surface area contributed by atoms with E-state index in [0.29, 0.717) is 37.0 Å². The van der Waals surface area contributed by atoms with Crippen LogP contribution in [0.2, 0.25) is 0 Å². The van der Waals surface area contributed by atoms with Gasteiger partial charge in [-0.1, -0.05) is 6.07 Å². The molecule has 2 fully saturated rings. The number of aromatic nitrogens is 3. The molecule has 1 aliphatic heterocycles. The van der Waals surface area contributed by atoms with E-state index in [1.807, 2.05) is 0 Å². The molecule has 2 aromatic rings. The van der Waals surface area contributed by atoms with Crippen molar-refractivity contribution >= 4 is 17.9 Å². The molecule has 1 amide bonds. The van der Waals surface area contributed by atoms with Crippen LogP contribution in [0.3, 0.4) is 0 Å². The molecule has 0 spiro atoms. The predicted octanol–water partition coefficient (Wildman–Crippen LogP) is 2.73. The van der Waals surface area contributed by atoms with Crippen molar-refractivity contribution in [2.24, 2.45) is 0 Å². The molecule has 154 valence electrons. The van der Waals surface area contributed by atoms with Crippen LogP contribution in [0.15, 0.2) is 24.4 Å². The van der Waals surface area contributed by atoms with Gasteiger partial charge in [0.2, 0.25) is 5.95 Å². The number of carbonyl (C=O) groups excluding carboxylic acids is 1. The van der Waals surface area contributed by atoms with Crippen LogP contribution in [0.25, 0.3) is 11.4 Å². The fraction of sp³-hybridized carbons (Fsp3) is 0.474. The second kappa shape index (κ2) is 8.66. The molecule has 0 aromatic carbocycles. The third kappa shape index (κ3) is 4.43. The number of hydrogen-bond acceptors (Lipinski definition) is 8. The van der Waals surface area contributed by atoms with E-state index in [-0.39, 0.29) is 17.8 Å². The first-order valence-corrected chi connectivity index (χ1v) is 9.74. The maximum absolute atomic E-state index is 14.4. The highest BCUT2D eigenvalue weighted by Crippen LogP contribution is 2.25. The molecule has 4 rings (SSSR count). The van der Waals surface area contributed by atoms with Crippen LogP contribution in [-0.4, -0.2) is 51.5 Å². The quantitative estimate of drug-likeness (QED) is 0.655. The van der Waals surface area contributed by atoms with Gasteiger partial charge in [-0.05, 0) is 44.2 Å². The van der Waals surface area contributed by atoms with E-state index in [1.54, 1.807) is 18.2 Å².